The molecular formula is C18H28O4. The maximum absolute atomic E-state index is 12.0. The van der Waals surface area contributed by atoms with E-state index in [1.165, 1.54) is 38.2 Å². The van der Waals surface area contributed by atoms with E-state index in [9.17, 15) is 14.7 Å². The molecule has 0 saturated carbocycles. The second kappa shape index (κ2) is 11.8. The Morgan fingerprint density at radius 1 is 1.09 bits per heavy atom. The first kappa shape index (κ1) is 20.2. The Kier molecular flexibility index (Phi) is 10.8. The Morgan fingerprint density at radius 2 is 1.73 bits per heavy atom. The molecule has 0 radical (unpaired) electrons. The van der Waals surface area contributed by atoms with Crippen molar-refractivity contribution in [1.29, 1.82) is 0 Å². The molecule has 0 unspecified atom stereocenters. The predicted octanol–water partition coefficient (Wildman–Crippen LogP) is 4.75. The zero-order valence-corrected chi connectivity index (χ0v) is 14.1. The fraction of sp³-hybridized carbons (Fsp3) is 0.556. The van der Waals surface area contributed by atoms with Gasteiger partial charge in [0.1, 0.15) is 11.3 Å². The molecule has 0 fully saturated rings. The number of esters is 1. The van der Waals surface area contributed by atoms with Crippen LogP contribution in [0.3, 0.4) is 0 Å². The van der Waals surface area contributed by atoms with Crippen LogP contribution in [0.15, 0.2) is 18.2 Å². The molecule has 0 aromatic heterocycles. The van der Waals surface area contributed by atoms with E-state index in [1.54, 1.807) is 0 Å². The molecule has 124 valence electrons. The van der Waals surface area contributed by atoms with Crippen LogP contribution in [0.4, 0.5) is 0 Å². The van der Waals surface area contributed by atoms with Crippen LogP contribution >= 0.6 is 0 Å². The average Bonchev–Trinajstić information content (AvgIpc) is 2.56. The second-order valence-corrected chi connectivity index (χ2v) is 4.81. The van der Waals surface area contributed by atoms with Gasteiger partial charge in [-0.1, -0.05) is 46.5 Å². The number of methoxy groups -OCH3 is 1. The maximum Gasteiger partial charge on any atom is 0.341 e. The minimum absolute atomic E-state index is 0.00773. The number of ketones is 1. The van der Waals surface area contributed by atoms with Crippen LogP contribution in [-0.4, -0.2) is 24.0 Å². The summed E-state index contributed by atoms with van der Waals surface area (Å²) in [6.45, 7) is 6.15. The van der Waals surface area contributed by atoms with Gasteiger partial charge >= 0.3 is 5.97 Å². The van der Waals surface area contributed by atoms with Crippen LogP contribution in [-0.2, 0) is 4.74 Å². The van der Waals surface area contributed by atoms with Crippen molar-refractivity contribution in [3.05, 3.63) is 29.3 Å². The van der Waals surface area contributed by atoms with Gasteiger partial charge in [-0.15, -0.1) is 0 Å². The normalized spacial score (nSPS) is 9.64. The molecule has 1 aromatic rings. The maximum atomic E-state index is 12.0. The highest BCUT2D eigenvalue weighted by atomic mass is 16.5. The van der Waals surface area contributed by atoms with Crippen molar-refractivity contribution >= 4 is 11.8 Å². The van der Waals surface area contributed by atoms with E-state index >= 15 is 0 Å². The lowest BCUT2D eigenvalue weighted by Gasteiger charge is -2.06. The number of phenols is 1. The number of ether oxygens (including phenoxy) is 1. The molecule has 1 aromatic carbocycles. The van der Waals surface area contributed by atoms with E-state index in [0.717, 1.165) is 19.3 Å². The Labute approximate surface area is 133 Å². The van der Waals surface area contributed by atoms with E-state index < -0.39 is 5.97 Å². The molecule has 0 atom stereocenters. The summed E-state index contributed by atoms with van der Waals surface area (Å²) in [5.74, 6) is -0.817. The summed E-state index contributed by atoms with van der Waals surface area (Å²) in [4.78, 5) is 23.5. The third-order valence-corrected chi connectivity index (χ3v) is 3.23. The summed E-state index contributed by atoms with van der Waals surface area (Å²) < 4.78 is 4.57. The fourth-order valence-electron chi connectivity index (χ4n) is 2.02. The van der Waals surface area contributed by atoms with Crippen LogP contribution in [0.5, 0.6) is 5.75 Å². The number of unbranched alkanes of at least 4 members (excludes halogenated alkanes) is 4. The lowest BCUT2D eigenvalue weighted by molar-refractivity contribution is 0.0597. The van der Waals surface area contributed by atoms with Gasteiger partial charge < -0.3 is 9.84 Å². The standard InChI is InChI=1S/C16H22O4.C2H6/c1-3-4-5-6-7-8-14(17)12-9-10-15(18)13(11-12)16(19)20-2;1-2/h9-11,18H,3-8H2,1-2H3;1-2H3. The summed E-state index contributed by atoms with van der Waals surface area (Å²) >= 11 is 0. The Morgan fingerprint density at radius 3 is 2.32 bits per heavy atom. The second-order valence-electron chi connectivity index (χ2n) is 4.81. The zero-order chi connectivity index (χ0) is 17.0. The van der Waals surface area contributed by atoms with Crippen molar-refractivity contribution in [3.63, 3.8) is 0 Å². The van der Waals surface area contributed by atoms with Crippen LogP contribution < -0.4 is 0 Å². The number of hydrogen-bond acceptors (Lipinski definition) is 4. The SMILES string of the molecule is CC.CCCCCCCC(=O)c1ccc(O)c(C(=O)OC)c1. The molecule has 1 rings (SSSR count). The molecule has 0 aliphatic heterocycles. The Bertz CT molecular complexity index is 466. The number of carbonyl (C=O) groups excluding carboxylic acids is 2. The first-order valence-electron chi connectivity index (χ1n) is 8.04. The number of aromatic hydroxyl groups is 1. The minimum Gasteiger partial charge on any atom is -0.507 e. The van der Waals surface area contributed by atoms with Crippen LogP contribution in [0, 0.1) is 0 Å². The summed E-state index contributed by atoms with van der Waals surface area (Å²) in [5, 5.41) is 9.58. The molecule has 4 heteroatoms. The van der Waals surface area contributed by atoms with E-state index in [1.807, 2.05) is 13.8 Å². The van der Waals surface area contributed by atoms with E-state index in [-0.39, 0.29) is 17.1 Å². The number of carbonyl (C=O) groups is 2. The molecular weight excluding hydrogens is 280 g/mol. The first-order valence-corrected chi connectivity index (χ1v) is 8.04. The van der Waals surface area contributed by atoms with Gasteiger partial charge in [-0.25, -0.2) is 4.79 Å². The van der Waals surface area contributed by atoms with Gasteiger partial charge in [0.2, 0.25) is 0 Å². The van der Waals surface area contributed by atoms with Crippen molar-refractivity contribution in [2.45, 2.75) is 59.3 Å². The molecule has 0 heterocycles. The quantitative estimate of drug-likeness (QED) is 0.427. The molecule has 4 nitrogen and oxygen atoms in total. The molecule has 0 aliphatic carbocycles. The van der Waals surface area contributed by atoms with Crippen molar-refractivity contribution in [3.8, 4) is 5.75 Å². The lowest BCUT2D eigenvalue weighted by atomic mass is 10.0. The molecule has 1 N–H and O–H groups in total. The Hall–Kier alpha value is -1.84. The topological polar surface area (TPSA) is 63.6 Å². The van der Waals surface area contributed by atoms with Gasteiger partial charge in [0, 0.05) is 12.0 Å². The number of benzene rings is 1. The van der Waals surface area contributed by atoms with Gasteiger partial charge in [0.25, 0.3) is 0 Å². The van der Waals surface area contributed by atoms with E-state index in [0.29, 0.717) is 12.0 Å². The molecule has 0 bridgehead atoms. The van der Waals surface area contributed by atoms with Crippen LogP contribution in [0.25, 0.3) is 0 Å². The van der Waals surface area contributed by atoms with Gasteiger partial charge in [-0.2, -0.15) is 0 Å². The van der Waals surface area contributed by atoms with Gasteiger partial charge in [0.15, 0.2) is 5.78 Å². The third-order valence-electron chi connectivity index (χ3n) is 3.23. The largest absolute Gasteiger partial charge is 0.507 e. The number of hydrogen-bond donors (Lipinski definition) is 1. The highest BCUT2D eigenvalue weighted by molar-refractivity contribution is 6.00. The smallest absolute Gasteiger partial charge is 0.341 e. The number of phenolic OH excluding ortho intramolecular Hbond substituents is 1. The van der Waals surface area contributed by atoms with E-state index in [4.69, 9.17) is 0 Å². The number of Topliss-reactive ketones (excluding diaryl/α,β-unsaturated/α-hetero) is 1. The summed E-state index contributed by atoms with van der Waals surface area (Å²) in [7, 11) is 1.24. The highest BCUT2D eigenvalue weighted by Gasteiger charge is 2.15. The van der Waals surface area contributed by atoms with Gasteiger partial charge in [0.05, 0.1) is 7.11 Å². The first-order chi connectivity index (χ1) is 10.6. The van der Waals surface area contributed by atoms with Crippen LogP contribution in [0.2, 0.25) is 0 Å². The molecule has 0 aliphatic rings. The summed E-state index contributed by atoms with van der Waals surface area (Å²) in [6.07, 6.45) is 5.88. The lowest BCUT2D eigenvalue weighted by Crippen LogP contribution is -2.05. The predicted molar refractivity (Wildman–Crippen MR) is 88.5 cm³/mol. The third kappa shape index (κ3) is 6.74. The van der Waals surface area contributed by atoms with Gasteiger partial charge in [-0.05, 0) is 24.6 Å². The molecule has 0 spiro atoms. The van der Waals surface area contributed by atoms with Crippen molar-refractivity contribution in [1.82, 2.24) is 0 Å². The monoisotopic (exact) mass is 308 g/mol. The summed E-state index contributed by atoms with van der Waals surface area (Å²) in [6, 6.07) is 4.29. The van der Waals surface area contributed by atoms with Crippen LogP contribution in [0.1, 0.15) is 80.0 Å². The molecule has 0 amide bonds. The zero-order valence-electron chi connectivity index (χ0n) is 14.1. The Balaban J connectivity index is 0.00000211. The van der Waals surface area contributed by atoms with Gasteiger partial charge in [-0.3, -0.25) is 4.79 Å². The minimum atomic E-state index is -0.639. The van der Waals surface area contributed by atoms with Crippen molar-refractivity contribution < 1.29 is 19.4 Å². The number of rotatable bonds is 8. The van der Waals surface area contributed by atoms with E-state index in [2.05, 4.69) is 11.7 Å². The average molecular weight is 308 g/mol. The summed E-state index contributed by atoms with van der Waals surface area (Å²) in [5.41, 5.74) is 0.475. The molecule has 22 heavy (non-hydrogen) atoms. The fourth-order valence-corrected chi connectivity index (χ4v) is 2.02. The highest BCUT2D eigenvalue weighted by Crippen LogP contribution is 2.21. The van der Waals surface area contributed by atoms with Crippen molar-refractivity contribution in [2.75, 3.05) is 7.11 Å². The van der Waals surface area contributed by atoms with Crippen molar-refractivity contribution in [2.24, 2.45) is 0 Å². The molecule has 0 saturated heterocycles.